The number of allylic oxidation sites excluding steroid dienone is 2. The summed E-state index contributed by atoms with van der Waals surface area (Å²) in [5, 5.41) is 12.1. The zero-order chi connectivity index (χ0) is 16.9. The van der Waals surface area contributed by atoms with Crippen LogP contribution in [-0.2, 0) is 10.2 Å². The van der Waals surface area contributed by atoms with Gasteiger partial charge in [0.1, 0.15) is 0 Å². The van der Waals surface area contributed by atoms with Gasteiger partial charge in [0.2, 0.25) is 0 Å². The highest BCUT2D eigenvalue weighted by Crippen LogP contribution is 2.52. The Morgan fingerprint density at radius 1 is 1.21 bits per heavy atom. The highest BCUT2D eigenvalue weighted by Gasteiger charge is 2.53. The van der Waals surface area contributed by atoms with Gasteiger partial charge in [-0.2, -0.15) is 10.2 Å². The summed E-state index contributed by atoms with van der Waals surface area (Å²) in [6.07, 6.45) is 3.43. The van der Waals surface area contributed by atoms with Crippen LogP contribution in [0.25, 0.3) is 0 Å². The lowest BCUT2D eigenvalue weighted by Crippen LogP contribution is -2.52. The number of nitrogens with zero attached hydrogens (tertiary/aromatic N) is 2. The van der Waals surface area contributed by atoms with Gasteiger partial charge in [-0.25, -0.2) is 0 Å². The number of azo groups is 1. The van der Waals surface area contributed by atoms with Crippen LogP contribution in [0.4, 0.5) is 0 Å². The molecule has 1 aromatic rings. The number of fused-ring (bicyclic) bond motifs is 1. The zero-order valence-corrected chi connectivity index (χ0v) is 14.4. The van der Waals surface area contributed by atoms with Crippen LogP contribution >= 0.6 is 0 Å². The maximum absolute atomic E-state index is 13.3. The van der Waals surface area contributed by atoms with E-state index in [4.69, 9.17) is 0 Å². The van der Waals surface area contributed by atoms with Crippen molar-refractivity contribution in [3.63, 3.8) is 0 Å². The number of ketones is 1. The van der Waals surface area contributed by atoms with Gasteiger partial charge in [-0.15, -0.1) is 0 Å². The minimum Gasteiger partial charge on any atom is -0.362 e. The van der Waals surface area contributed by atoms with Gasteiger partial charge in [-0.1, -0.05) is 51.1 Å². The van der Waals surface area contributed by atoms with Crippen LogP contribution in [0.15, 0.2) is 63.6 Å². The topological polar surface area (TPSA) is 53.8 Å². The summed E-state index contributed by atoms with van der Waals surface area (Å²) in [6.45, 7) is 6.42. The molecule has 4 atom stereocenters. The largest absolute Gasteiger partial charge is 0.362 e. The van der Waals surface area contributed by atoms with Crippen molar-refractivity contribution in [3.8, 4) is 0 Å². The molecule has 2 aliphatic heterocycles. The van der Waals surface area contributed by atoms with E-state index in [-0.39, 0.29) is 17.9 Å². The second kappa shape index (κ2) is 5.40. The summed E-state index contributed by atoms with van der Waals surface area (Å²) < 4.78 is 0. The van der Waals surface area contributed by atoms with Gasteiger partial charge in [-0.3, -0.25) is 4.79 Å². The first-order chi connectivity index (χ1) is 11.6. The van der Waals surface area contributed by atoms with E-state index in [2.05, 4.69) is 48.4 Å². The summed E-state index contributed by atoms with van der Waals surface area (Å²) in [6, 6.07) is 10.4. The molecule has 0 saturated heterocycles. The van der Waals surface area contributed by atoms with Crippen molar-refractivity contribution in [1.29, 1.82) is 0 Å². The normalized spacial score (nSPS) is 34.5. The van der Waals surface area contributed by atoms with Crippen LogP contribution in [0.1, 0.15) is 39.2 Å². The summed E-state index contributed by atoms with van der Waals surface area (Å²) in [4.78, 5) is 13.3. The Morgan fingerprint density at radius 2 is 1.96 bits per heavy atom. The van der Waals surface area contributed by atoms with Crippen molar-refractivity contribution in [1.82, 2.24) is 5.32 Å². The smallest absolute Gasteiger partial charge is 0.164 e. The van der Waals surface area contributed by atoms with Crippen molar-refractivity contribution in [3.05, 3.63) is 58.9 Å². The standard InChI is InChI=1S/C20H23N3O/c1-4-20(14-8-6-5-7-9-14)15-11-21-23-19(15)22-17-12(2)10-13(3)18(24)16(17)20/h5-9,11-13,19,22H,4,10H2,1-3H3/t12-,13+,19?,20-/m0/s1. The molecule has 1 N–H and O–H groups in total. The average molecular weight is 321 g/mol. The molecular formula is C20H23N3O. The maximum Gasteiger partial charge on any atom is 0.164 e. The molecular weight excluding hydrogens is 298 g/mol. The van der Waals surface area contributed by atoms with Crippen molar-refractivity contribution in [2.24, 2.45) is 22.1 Å². The second-order valence-corrected chi connectivity index (χ2v) is 7.18. The summed E-state index contributed by atoms with van der Waals surface area (Å²) in [5.74, 6) is 0.662. The van der Waals surface area contributed by atoms with Crippen molar-refractivity contribution in [2.45, 2.75) is 45.2 Å². The maximum atomic E-state index is 13.3. The van der Waals surface area contributed by atoms with Crippen molar-refractivity contribution < 1.29 is 4.79 Å². The van der Waals surface area contributed by atoms with Crippen LogP contribution in [0.2, 0.25) is 0 Å². The second-order valence-electron chi connectivity index (χ2n) is 7.18. The number of carbonyl (C=O) groups is 1. The van der Waals surface area contributed by atoms with E-state index >= 15 is 0 Å². The highest BCUT2D eigenvalue weighted by atomic mass is 16.1. The molecule has 0 saturated carbocycles. The Morgan fingerprint density at radius 3 is 2.67 bits per heavy atom. The number of hydrogen-bond donors (Lipinski definition) is 1. The third-order valence-corrected chi connectivity index (χ3v) is 5.85. The van der Waals surface area contributed by atoms with E-state index in [1.807, 2.05) is 24.4 Å². The Bertz CT molecular complexity index is 777. The molecule has 4 nitrogen and oxygen atoms in total. The fourth-order valence-corrected chi connectivity index (χ4v) is 4.69. The van der Waals surface area contributed by atoms with Crippen molar-refractivity contribution in [2.75, 3.05) is 0 Å². The Labute approximate surface area is 142 Å². The van der Waals surface area contributed by atoms with Crippen LogP contribution in [0, 0.1) is 11.8 Å². The van der Waals surface area contributed by atoms with E-state index in [9.17, 15) is 4.79 Å². The first-order valence-corrected chi connectivity index (χ1v) is 8.81. The molecule has 0 radical (unpaired) electrons. The quantitative estimate of drug-likeness (QED) is 0.891. The molecule has 1 aliphatic carbocycles. The van der Waals surface area contributed by atoms with Gasteiger partial charge >= 0.3 is 0 Å². The van der Waals surface area contributed by atoms with Crippen LogP contribution in [0.3, 0.4) is 0 Å². The molecule has 1 unspecified atom stereocenters. The molecule has 24 heavy (non-hydrogen) atoms. The minimum absolute atomic E-state index is 0.0580. The van der Waals surface area contributed by atoms with Gasteiger partial charge in [-0.05, 0) is 24.3 Å². The fraction of sp³-hybridized carbons (Fsp3) is 0.450. The molecule has 2 heterocycles. The molecule has 1 aromatic carbocycles. The van der Waals surface area contributed by atoms with Crippen LogP contribution in [-0.4, -0.2) is 11.9 Å². The third-order valence-electron chi connectivity index (χ3n) is 5.85. The molecule has 0 fully saturated rings. The van der Waals surface area contributed by atoms with E-state index in [0.717, 1.165) is 29.7 Å². The van der Waals surface area contributed by atoms with Crippen LogP contribution < -0.4 is 5.32 Å². The number of carbonyl (C=O) groups excluding carboxylic acids is 1. The summed E-state index contributed by atoms with van der Waals surface area (Å²) in [7, 11) is 0. The average Bonchev–Trinajstić information content (AvgIpc) is 3.07. The Hall–Kier alpha value is -2.23. The highest BCUT2D eigenvalue weighted by molar-refractivity contribution is 6.02. The summed E-state index contributed by atoms with van der Waals surface area (Å²) >= 11 is 0. The molecule has 4 rings (SSSR count). The molecule has 0 aromatic heterocycles. The van der Waals surface area contributed by atoms with Gasteiger partial charge in [0.05, 0.1) is 11.6 Å². The monoisotopic (exact) mass is 321 g/mol. The molecule has 0 spiro atoms. The fourth-order valence-electron chi connectivity index (χ4n) is 4.69. The number of nitrogens with one attached hydrogen (secondary N) is 1. The summed E-state index contributed by atoms with van der Waals surface area (Å²) in [5.41, 5.74) is 3.86. The minimum atomic E-state index is -0.421. The van der Waals surface area contributed by atoms with E-state index < -0.39 is 5.41 Å². The SMILES string of the molecule is CC[C@]1(c2ccccc2)C2=CN=NC2NC2=C1C(=O)[C@H](C)C[C@@H]2C. The first-order valence-electron chi connectivity index (χ1n) is 8.81. The van der Waals surface area contributed by atoms with Gasteiger partial charge in [0.25, 0.3) is 0 Å². The van der Waals surface area contributed by atoms with E-state index in [1.165, 1.54) is 5.56 Å². The van der Waals surface area contributed by atoms with E-state index in [0.29, 0.717) is 5.92 Å². The van der Waals surface area contributed by atoms with E-state index in [1.54, 1.807) is 0 Å². The Kier molecular flexibility index (Phi) is 3.44. The predicted octanol–water partition coefficient (Wildman–Crippen LogP) is 4.11. The molecule has 0 amide bonds. The number of rotatable bonds is 2. The van der Waals surface area contributed by atoms with Crippen molar-refractivity contribution >= 4 is 5.78 Å². The Balaban J connectivity index is 2.03. The van der Waals surface area contributed by atoms with Gasteiger partial charge in [0.15, 0.2) is 11.9 Å². The first kappa shape index (κ1) is 15.3. The molecule has 3 aliphatic rings. The third kappa shape index (κ3) is 1.89. The number of hydrogen-bond acceptors (Lipinski definition) is 4. The molecule has 0 bridgehead atoms. The van der Waals surface area contributed by atoms with Crippen LogP contribution in [0.5, 0.6) is 0 Å². The lowest BCUT2D eigenvalue weighted by atomic mass is 9.59. The predicted molar refractivity (Wildman–Crippen MR) is 93.3 cm³/mol. The number of Topliss-reactive ketones (excluding diaryl/α,β-unsaturated/α-hetero) is 1. The lowest BCUT2D eigenvalue weighted by Gasteiger charge is -2.47. The molecule has 4 heteroatoms. The lowest BCUT2D eigenvalue weighted by molar-refractivity contribution is -0.120. The zero-order valence-electron chi connectivity index (χ0n) is 14.4. The van der Waals surface area contributed by atoms with Gasteiger partial charge < -0.3 is 5.32 Å². The number of benzene rings is 1. The van der Waals surface area contributed by atoms with Gasteiger partial charge in [0, 0.05) is 22.8 Å². The molecule has 124 valence electrons.